The first kappa shape index (κ1) is 22.9. The van der Waals surface area contributed by atoms with Gasteiger partial charge in [0.2, 0.25) is 0 Å². The predicted molar refractivity (Wildman–Crippen MR) is 126 cm³/mol. The van der Waals surface area contributed by atoms with Crippen LogP contribution in [-0.4, -0.2) is 66.6 Å². The third kappa shape index (κ3) is 4.87. The van der Waals surface area contributed by atoms with Gasteiger partial charge in [-0.15, -0.1) is 10.2 Å². The fraction of sp³-hybridized carbons (Fsp3) is 0.409. The molecule has 168 valence electrons. The summed E-state index contributed by atoms with van der Waals surface area (Å²) in [6, 6.07) is 8.95. The summed E-state index contributed by atoms with van der Waals surface area (Å²) in [6.45, 7) is 3.34. The molecular weight excluding hydrogens is 492 g/mol. The summed E-state index contributed by atoms with van der Waals surface area (Å²) < 4.78 is 3.19. The molecule has 32 heavy (non-hydrogen) atoms. The summed E-state index contributed by atoms with van der Waals surface area (Å²) in [7, 11) is 2.00. The van der Waals surface area contributed by atoms with Crippen LogP contribution in [0.15, 0.2) is 52.6 Å². The first-order valence-electron chi connectivity index (χ1n) is 10.4. The number of halogens is 1. The lowest BCUT2D eigenvalue weighted by Crippen LogP contribution is -2.27. The maximum absolute atomic E-state index is 8.36. The minimum absolute atomic E-state index is 0.250. The Hall–Kier alpha value is -2.30. The maximum Gasteiger partial charge on any atom is 0.290 e. The summed E-state index contributed by atoms with van der Waals surface area (Å²) in [6.07, 6.45) is 7.57. The van der Waals surface area contributed by atoms with Gasteiger partial charge in [0.05, 0.1) is 5.56 Å². The molecule has 1 saturated carbocycles. The molecular formula is C22H25BrN6O2S. The zero-order valence-electron chi connectivity index (χ0n) is 17.8. The van der Waals surface area contributed by atoms with E-state index in [1.165, 1.54) is 31.4 Å². The van der Waals surface area contributed by atoms with Crippen LogP contribution in [0.1, 0.15) is 18.4 Å². The lowest BCUT2D eigenvalue weighted by atomic mass is 9.95. The van der Waals surface area contributed by atoms with E-state index in [1.807, 2.05) is 11.6 Å². The normalized spacial score (nSPS) is 21.5. The Morgan fingerprint density at radius 1 is 1.25 bits per heavy atom. The standard InChI is InChI=1S/C21H23BrN6S.CH2O2/c1-27-19(15-10-23-14-24-11-15)25-26-20(27)29-8-2-7-28-12-17-9-21(17,13-28)16-3-5-18(22)6-4-16;2-1-3/h3-6,10-11,14,17H,2,7-9,12-13H2,1H3;1H,(H,2,3)/t17-,21?;/m0./s1. The van der Waals surface area contributed by atoms with Crippen LogP contribution in [0, 0.1) is 5.92 Å². The van der Waals surface area contributed by atoms with Gasteiger partial charge in [-0.25, -0.2) is 9.97 Å². The summed E-state index contributed by atoms with van der Waals surface area (Å²) in [5.41, 5.74) is 2.83. The van der Waals surface area contributed by atoms with Crippen LogP contribution in [0.25, 0.3) is 11.4 Å². The minimum Gasteiger partial charge on any atom is -0.483 e. The summed E-state index contributed by atoms with van der Waals surface area (Å²) in [5, 5.41) is 16.5. The number of nitrogens with zero attached hydrogens (tertiary/aromatic N) is 6. The van der Waals surface area contributed by atoms with E-state index in [0.717, 1.165) is 45.7 Å². The Bertz CT molecular complexity index is 1050. The first-order chi connectivity index (χ1) is 15.6. The number of thioether (sulfide) groups is 1. The van der Waals surface area contributed by atoms with Gasteiger partial charge in [-0.2, -0.15) is 0 Å². The van der Waals surface area contributed by atoms with Crippen LogP contribution >= 0.6 is 27.7 Å². The van der Waals surface area contributed by atoms with Gasteiger partial charge in [0.25, 0.3) is 6.47 Å². The van der Waals surface area contributed by atoms with Crippen molar-refractivity contribution >= 4 is 34.2 Å². The predicted octanol–water partition coefficient (Wildman–Crippen LogP) is 3.49. The average molecular weight is 517 g/mol. The van der Waals surface area contributed by atoms with Gasteiger partial charge < -0.3 is 14.6 Å². The highest BCUT2D eigenvalue weighted by Crippen LogP contribution is 2.59. The molecule has 3 heterocycles. The summed E-state index contributed by atoms with van der Waals surface area (Å²) in [4.78, 5) is 19.1. The monoisotopic (exact) mass is 516 g/mol. The summed E-state index contributed by atoms with van der Waals surface area (Å²) >= 11 is 5.32. The third-order valence-corrected chi connectivity index (χ3v) is 7.77. The number of carboxylic acid groups (broad SMARTS) is 1. The molecule has 1 aromatic carbocycles. The average Bonchev–Trinajstić information content (AvgIpc) is 3.17. The van der Waals surface area contributed by atoms with Crippen molar-refractivity contribution in [1.82, 2.24) is 29.6 Å². The molecule has 1 aliphatic carbocycles. The fourth-order valence-electron chi connectivity index (χ4n) is 4.54. The van der Waals surface area contributed by atoms with Crippen LogP contribution in [0.3, 0.4) is 0 Å². The molecule has 3 aromatic rings. The number of likely N-dealkylation sites (tertiary alicyclic amines) is 1. The van der Waals surface area contributed by atoms with E-state index < -0.39 is 0 Å². The van der Waals surface area contributed by atoms with Gasteiger partial charge >= 0.3 is 0 Å². The molecule has 0 bridgehead atoms. The molecule has 2 aliphatic rings. The van der Waals surface area contributed by atoms with Crippen molar-refractivity contribution in [3.63, 3.8) is 0 Å². The number of hydrogen-bond donors (Lipinski definition) is 1. The largest absolute Gasteiger partial charge is 0.483 e. The quantitative estimate of drug-likeness (QED) is 0.289. The molecule has 1 N–H and O–H groups in total. The second-order valence-corrected chi connectivity index (χ2v) is 10.1. The zero-order valence-corrected chi connectivity index (χ0v) is 20.2. The highest BCUT2D eigenvalue weighted by Gasteiger charge is 2.60. The maximum atomic E-state index is 8.36. The molecule has 0 spiro atoms. The van der Waals surface area contributed by atoms with Crippen LogP contribution in [0.2, 0.25) is 0 Å². The molecule has 1 unspecified atom stereocenters. The molecule has 2 atom stereocenters. The van der Waals surface area contributed by atoms with E-state index in [1.54, 1.807) is 24.2 Å². The van der Waals surface area contributed by atoms with Crippen molar-refractivity contribution in [2.45, 2.75) is 23.4 Å². The number of aromatic nitrogens is 5. The topological polar surface area (TPSA) is 97.0 Å². The third-order valence-electron chi connectivity index (χ3n) is 6.14. The Morgan fingerprint density at radius 3 is 2.69 bits per heavy atom. The summed E-state index contributed by atoms with van der Waals surface area (Å²) in [5.74, 6) is 2.69. The smallest absolute Gasteiger partial charge is 0.290 e. The molecule has 10 heteroatoms. The second kappa shape index (κ2) is 10.1. The molecule has 0 amide bonds. The van der Waals surface area contributed by atoms with Crippen molar-refractivity contribution in [2.75, 3.05) is 25.4 Å². The van der Waals surface area contributed by atoms with Crippen molar-refractivity contribution < 1.29 is 9.90 Å². The number of piperidine rings is 1. The number of fused-ring (bicyclic) bond motifs is 1. The van der Waals surface area contributed by atoms with E-state index in [9.17, 15) is 0 Å². The lowest BCUT2D eigenvalue weighted by Gasteiger charge is -2.21. The Labute approximate surface area is 199 Å². The molecule has 1 saturated heterocycles. The Balaban J connectivity index is 0.000000775. The minimum atomic E-state index is -0.250. The number of hydrogen-bond acceptors (Lipinski definition) is 7. The van der Waals surface area contributed by atoms with Crippen LogP contribution < -0.4 is 0 Å². The van der Waals surface area contributed by atoms with Crippen molar-refractivity contribution in [3.8, 4) is 11.4 Å². The van der Waals surface area contributed by atoms with Crippen molar-refractivity contribution in [2.24, 2.45) is 13.0 Å². The lowest BCUT2D eigenvalue weighted by molar-refractivity contribution is -0.122. The van der Waals surface area contributed by atoms with Crippen LogP contribution in [-0.2, 0) is 17.3 Å². The van der Waals surface area contributed by atoms with Gasteiger partial charge in [0, 0.05) is 48.2 Å². The Morgan fingerprint density at radius 2 is 1.97 bits per heavy atom. The van der Waals surface area contributed by atoms with Crippen LogP contribution in [0.4, 0.5) is 0 Å². The van der Waals surface area contributed by atoms with E-state index in [-0.39, 0.29) is 6.47 Å². The van der Waals surface area contributed by atoms with E-state index in [2.05, 4.69) is 65.3 Å². The highest BCUT2D eigenvalue weighted by molar-refractivity contribution is 9.10. The van der Waals surface area contributed by atoms with Crippen LogP contribution in [0.5, 0.6) is 0 Å². The van der Waals surface area contributed by atoms with E-state index in [0.29, 0.717) is 5.41 Å². The van der Waals surface area contributed by atoms with Gasteiger partial charge in [-0.05, 0) is 43.0 Å². The second-order valence-electron chi connectivity index (χ2n) is 8.10. The van der Waals surface area contributed by atoms with Gasteiger partial charge in [0.15, 0.2) is 11.0 Å². The molecule has 5 rings (SSSR count). The van der Waals surface area contributed by atoms with E-state index in [4.69, 9.17) is 9.90 Å². The molecule has 1 aliphatic heterocycles. The molecule has 2 aromatic heterocycles. The SMILES string of the molecule is Cn1c(SCCCN2C[C@@H]3CC3(c3ccc(Br)cc3)C2)nnc1-c1cncnc1.O=CO. The Kier molecular flexibility index (Phi) is 7.22. The van der Waals surface area contributed by atoms with Crippen molar-refractivity contribution in [1.29, 1.82) is 0 Å². The van der Waals surface area contributed by atoms with Gasteiger partial charge in [0.1, 0.15) is 6.33 Å². The number of carbonyl (C=O) groups is 1. The zero-order chi connectivity index (χ0) is 22.6. The van der Waals surface area contributed by atoms with E-state index >= 15 is 0 Å². The van der Waals surface area contributed by atoms with Gasteiger partial charge in [-0.1, -0.05) is 39.8 Å². The molecule has 2 fully saturated rings. The number of benzene rings is 1. The van der Waals surface area contributed by atoms with Crippen molar-refractivity contribution in [3.05, 3.63) is 53.0 Å². The first-order valence-corrected chi connectivity index (χ1v) is 12.2. The molecule has 0 radical (unpaired) electrons. The molecule has 8 nitrogen and oxygen atoms in total. The number of rotatable bonds is 7. The highest BCUT2D eigenvalue weighted by atomic mass is 79.9. The fourth-order valence-corrected chi connectivity index (χ4v) is 5.64. The van der Waals surface area contributed by atoms with Gasteiger partial charge in [-0.3, -0.25) is 4.79 Å².